The molecule has 0 aliphatic heterocycles. The van der Waals surface area contributed by atoms with Gasteiger partial charge in [0.2, 0.25) is 0 Å². The molecule has 0 spiro atoms. The van der Waals surface area contributed by atoms with Crippen LogP contribution >= 0.6 is 0 Å². The third-order valence-corrected chi connectivity index (χ3v) is 3.04. The van der Waals surface area contributed by atoms with E-state index in [9.17, 15) is 0 Å². The third-order valence-electron chi connectivity index (χ3n) is 3.04. The largest absolute Gasteiger partial charge is 0.497 e. The number of nitrogens with two attached hydrogens (primary N) is 1. The van der Waals surface area contributed by atoms with Gasteiger partial charge < -0.3 is 15.0 Å². The van der Waals surface area contributed by atoms with Crippen molar-refractivity contribution >= 4 is 5.69 Å². The molecule has 0 saturated heterocycles. The van der Waals surface area contributed by atoms with E-state index in [1.165, 1.54) is 0 Å². The van der Waals surface area contributed by atoms with Gasteiger partial charge in [-0.3, -0.25) is 4.98 Å². The van der Waals surface area contributed by atoms with Crippen molar-refractivity contribution in [1.29, 1.82) is 0 Å². The normalized spacial score (nSPS) is 10.5. The van der Waals surface area contributed by atoms with Gasteiger partial charge in [0.25, 0.3) is 5.89 Å². The predicted octanol–water partition coefficient (Wildman–Crippen LogP) is 2.31. The van der Waals surface area contributed by atoms with Crippen LogP contribution in [-0.2, 0) is 6.42 Å². The van der Waals surface area contributed by atoms with Gasteiger partial charge in [-0.25, -0.2) is 0 Å². The number of hydrogen-bond acceptors (Lipinski definition) is 6. The number of nitrogens with zero attached hydrogens (tertiary/aromatic N) is 3. The first-order valence-corrected chi connectivity index (χ1v) is 6.41. The molecular formula is C15H14N4O2. The van der Waals surface area contributed by atoms with Crippen LogP contribution in [0.4, 0.5) is 5.69 Å². The summed E-state index contributed by atoms with van der Waals surface area (Å²) in [6.45, 7) is 0. The van der Waals surface area contributed by atoms with Gasteiger partial charge in [0, 0.05) is 24.5 Å². The lowest BCUT2D eigenvalue weighted by Gasteiger charge is -2.03. The van der Waals surface area contributed by atoms with Gasteiger partial charge in [0.15, 0.2) is 5.82 Å². The van der Waals surface area contributed by atoms with Crippen LogP contribution in [0, 0.1) is 0 Å². The van der Waals surface area contributed by atoms with Crippen LogP contribution in [0.25, 0.3) is 11.5 Å². The fraction of sp³-hybridized carbons (Fsp3) is 0.133. The second kappa shape index (κ2) is 5.62. The Bertz CT molecular complexity index is 740. The lowest BCUT2D eigenvalue weighted by atomic mass is 10.1. The van der Waals surface area contributed by atoms with Crippen LogP contribution in [0.15, 0.2) is 47.2 Å². The first-order chi connectivity index (χ1) is 10.3. The number of ether oxygens (including phenoxy) is 1. The smallest absolute Gasteiger partial charge is 0.260 e. The Balaban J connectivity index is 1.88. The highest BCUT2D eigenvalue weighted by Crippen LogP contribution is 2.28. The number of pyridine rings is 1. The Hall–Kier alpha value is -2.89. The highest BCUT2D eigenvalue weighted by atomic mass is 16.5. The Morgan fingerprint density at radius 2 is 2.19 bits per heavy atom. The van der Waals surface area contributed by atoms with E-state index >= 15 is 0 Å². The molecule has 0 aliphatic rings. The van der Waals surface area contributed by atoms with Crippen LogP contribution in [0.1, 0.15) is 11.4 Å². The van der Waals surface area contributed by atoms with Crippen molar-refractivity contribution in [2.24, 2.45) is 0 Å². The molecule has 6 heteroatoms. The first-order valence-electron chi connectivity index (χ1n) is 6.41. The molecule has 2 aromatic heterocycles. The summed E-state index contributed by atoms with van der Waals surface area (Å²) in [6.07, 6.45) is 4.05. The lowest BCUT2D eigenvalue weighted by molar-refractivity contribution is 0.412. The maximum Gasteiger partial charge on any atom is 0.260 e. The molecule has 3 rings (SSSR count). The number of anilines is 1. The standard InChI is InChI=1S/C15H14N4O2/c1-20-11-4-5-13(16)12(8-11)15-18-14(19-21-15)7-10-3-2-6-17-9-10/h2-6,8-9H,7,16H2,1H3. The molecule has 0 bridgehead atoms. The van der Waals surface area contributed by atoms with E-state index in [1.807, 2.05) is 12.1 Å². The predicted molar refractivity (Wildman–Crippen MR) is 77.7 cm³/mol. The molecular weight excluding hydrogens is 268 g/mol. The zero-order chi connectivity index (χ0) is 14.7. The molecule has 0 aliphatic carbocycles. The van der Waals surface area contributed by atoms with Gasteiger partial charge in [-0.15, -0.1) is 0 Å². The van der Waals surface area contributed by atoms with Crippen molar-refractivity contribution < 1.29 is 9.26 Å². The summed E-state index contributed by atoms with van der Waals surface area (Å²) in [6, 6.07) is 9.14. The summed E-state index contributed by atoms with van der Waals surface area (Å²) in [5.74, 6) is 1.65. The Morgan fingerprint density at radius 1 is 1.29 bits per heavy atom. The monoisotopic (exact) mass is 282 g/mol. The van der Waals surface area contributed by atoms with Crippen LogP contribution in [0.2, 0.25) is 0 Å². The van der Waals surface area contributed by atoms with E-state index in [1.54, 1.807) is 37.7 Å². The molecule has 0 amide bonds. The van der Waals surface area contributed by atoms with Gasteiger partial charge in [0.05, 0.1) is 12.7 Å². The van der Waals surface area contributed by atoms with Gasteiger partial charge in [0.1, 0.15) is 5.75 Å². The zero-order valence-electron chi connectivity index (χ0n) is 11.5. The summed E-state index contributed by atoms with van der Waals surface area (Å²) in [5.41, 5.74) is 8.19. The molecule has 6 nitrogen and oxygen atoms in total. The van der Waals surface area contributed by atoms with Gasteiger partial charge in [-0.1, -0.05) is 11.2 Å². The SMILES string of the molecule is COc1ccc(N)c(-c2nc(Cc3cccnc3)no2)c1. The van der Waals surface area contributed by atoms with E-state index in [0.717, 1.165) is 5.56 Å². The average Bonchev–Trinajstić information content (AvgIpc) is 2.97. The molecule has 21 heavy (non-hydrogen) atoms. The van der Waals surface area contributed by atoms with Gasteiger partial charge >= 0.3 is 0 Å². The summed E-state index contributed by atoms with van der Waals surface area (Å²) in [7, 11) is 1.59. The van der Waals surface area contributed by atoms with Crippen molar-refractivity contribution in [3.8, 4) is 17.2 Å². The average molecular weight is 282 g/mol. The maximum atomic E-state index is 5.94. The van der Waals surface area contributed by atoms with Crippen LogP contribution in [-0.4, -0.2) is 22.2 Å². The number of benzene rings is 1. The molecule has 1 aromatic carbocycles. The molecule has 2 N–H and O–H groups in total. The van der Waals surface area contributed by atoms with E-state index in [2.05, 4.69) is 15.1 Å². The van der Waals surface area contributed by atoms with Gasteiger partial charge in [-0.2, -0.15) is 4.98 Å². The number of rotatable bonds is 4. The second-order valence-corrected chi connectivity index (χ2v) is 4.51. The Morgan fingerprint density at radius 3 is 2.95 bits per heavy atom. The van der Waals surface area contributed by atoms with Crippen molar-refractivity contribution in [2.45, 2.75) is 6.42 Å². The number of aromatic nitrogens is 3. The Labute approximate surface area is 121 Å². The highest BCUT2D eigenvalue weighted by molar-refractivity contribution is 5.72. The van der Waals surface area contributed by atoms with E-state index in [0.29, 0.717) is 35.1 Å². The number of hydrogen-bond donors (Lipinski definition) is 1. The second-order valence-electron chi connectivity index (χ2n) is 4.51. The lowest BCUT2D eigenvalue weighted by Crippen LogP contribution is -1.93. The minimum atomic E-state index is 0.380. The third kappa shape index (κ3) is 2.84. The first kappa shape index (κ1) is 13.1. The van der Waals surface area contributed by atoms with Crippen molar-refractivity contribution in [3.63, 3.8) is 0 Å². The molecule has 3 aromatic rings. The van der Waals surface area contributed by atoms with E-state index in [-0.39, 0.29) is 0 Å². The summed E-state index contributed by atoms with van der Waals surface area (Å²) in [4.78, 5) is 8.43. The number of methoxy groups -OCH3 is 1. The van der Waals surface area contributed by atoms with E-state index in [4.69, 9.17) is 15.0 Å². The maximum absolute atomic E-state index is 5.94. The molecule has 106 valence electrons. The topological polar surface area (TPSA) is 87.1 Å². The fourth-order valence-electron chi connectivity index (χ4n) is 1.97. The van der Waals surface area contributed by atoms with Crippen LogP contribution < -0.4 is 10.5 Å². The van der Waals surface area contributed by atoms with Crippen LogP contribution in [0.3, 0.4) is 0 Å². The van der Waals surface area contributed by atoms with Crippen molar-refractivity contribution in [1.82, 2.24) is 15.1 Å². The Kier molecular flexibility index (Phi) is 3.51. The van der Waals surface area contributed by atoms with Gasteiger partial charge in [-0.05, 0) is 29.8 Å². The van der Waals surface area contributed by atoms with Crippen molar-refractivity contribution in [3.05, 3.63) is 54.1 Å². The molecule has 0 unspecified atom stereocenters. The fourth-order valence-corrected chi connectivity index (χ4v) is 1.97. The van der Waals surface area contributed by atoms with Crippen LogP contribution in [0.5, 0.6) is 5.75 Å². The molecule has 0 fully saturated rings. The summed E-state index contributed by atoms with van der Waals surface area (Å²) < 4.78 is 10.5. The quantitative estimate of drug-likeness (QED) is 0.739. The van der Waals surface area contributed by atoms with E-state index < -0.39 is 0 Å². The minimum Gasteiger partial charge on any atom is -0.497 e. The molecule has 0 saturated carbocycles. The summed E-state index contributed by atoms with van der Waals surface area (Å²) >= 11 is 0. The minimum absolute atomic E-state index is 0.380. The number of nitrogen functional groups attached to an aromatic ring is 1. The molecule has 0 atom stereocenters. The summed E-state index contributed by atoms with van der Waals surface area (Å²) in [5, 5.41) is 3.97. The highest BCUT2D eigenvalue weighted by Gasteiger charge is 2.13. The van der Waals surface area contributed by atoms with Crippen molar-refractivity contribution in [2.75, 3.05) is 12.8 Å². The zero-order valence-corrected chi connectivity index (χ0v) is 11.5. The molecule has 2 heterocycles. The molecule has 0 radical (unpaired) electrons.